The first kappa shape index (κ1) is 14.8. The maximum atomic E-state index is 12.2. The largest absolute Gasteiger partial charge is 0.468 e. The number of hydrogen-bond acceptors (Lipinski definition) is 4. The molecule has 1 atom stereocenters. The van der Waals surface area contributed by atoms with Crippen LogP contribution in [0, 0.1) is 5.41 Å². The topological polar surface area (TPSA) is 47.6 Å². The summed E-state index contributed by atoms with van der Waals surface area (Å²) < 4.78 is 10.7. The van der Waals surface area contributed by atoms with Crippen molar-refractivity contribution in [3.63, 3.8) is 0 Å². The molecule has 19 heavy (non-hydrogen) atoms. The lowest BCUT2D eigenvalue weighted by Gasteiger charge is -2.42. The maximum Gasteiger partial charge on any atom is 0.326 e. The fraction of sp³-hybridized carbons (Fsp3) is 0.933. The fourth-order valence-electron chi connectivity index (χ4n) is 3.12. The zero-order valence-electron chi connectivity index (χ0n) is 12.5. The Morgan fingerprint density at radius 1 is 1.32 bits per heavy atom. The van der Waals surface area contributed by atoms with Gasteiger partial charge in [-0.25, -0.2) is 0 Å². The van der Waals surface area contributed by atoms with E-state index in [4.69, 9.17) is 9.47 Å². The molecule has 1 heterocycles. The highest BCUT2D eigenvalue weighted by atomic mass is 16.5. The number of esters is 1. The molecule has 0 spiro atoms. The van der Waals surface area contributed by atoms with Crippen LogP contribution in [0.2, 0.25) is 0 Å². The standard InChI is InChI=1S/C15H27NO3/c1-14(2)6-8-15(9-7-14,13(17)18-3)16-11-12-5-4-10-19-12/h12,16H,4-11H2,1-3H3. The van der Waals surface area contributed by atoms with Crippen LogP contribution in [0.1, 0.15) is 52.4 Å². The van der Waals surface area contributed by atoms with Crippen LogP contribution in [-0.2, 0) is 14.3 Å². The highest BCUT2D eigenvalue weighted by Crippen LogP contribution is 2.40. The molecule has 2 rings (SSSR count). The molecule has 2 aliphatic rings. The van der Waals surface area contributed by atoms with Gasteiger partial charge in [0.2, 0.25) is 0 Å². The summed E-state index contributed by atoms with van der Waals surface area (Å²) in [6, 6.07) is 0. The lowest BCUT2D eigenvalue weighted by atomic mass is 9.69. The van der Waals surface area contributed by atoms with E-state index in [2.05, 4.69) is 19.2 Å². The first-order chi connectivity index (χ1) is 8.97. The van der Waals surface area contributed by atoms with E-state index >= 15 is 0 Å². The van der Waals surface area contributed by atoms with E-state index in [1.807, 2.05) is 0 Å². The van der Waals surface area contributed by atoms with Gasteiger partial charge >= 0.3 is 5.97 Å². The molecule has 1 N–H and O–H groups in total. The predicted molar refractivity (Wildman–Crippen MR) is 74.0 cm³/mol. The Kier molecular flexibility index (Phi) is 4.51. The second-order valence-corrected chi connectivity index (χ2v) is 6.75. The lowest BCUT2D eigenvalue weighted by Crippen LogP contribution is -2.57. The van der Waals surface area contributed by atoms with Gasteiger partial charge in [0.15, 0.2) is 0 Å². The molecular weight excluding hydrogens is 242 g/mol. The van der Waals surface area contributed by atoms with Crippen LogP contribution in [0.4, 0.5) is 0 Å². The average Bonchev–Trinajstić information content (AvgIpc) is 2.90. The van der Waals surface area contributed by atoms with Gasteiger partial charge in [0.1, 0.15) is 5.54 Å². The minimum absolute atomic E-state index is 0.110. The number of carbonyl (C=O) groups excluding carboxylic acids is 1. The Hall–Kier alpha value is -0.610. The molecule has 4 nitrogen and oxygen atoms in total. The zero-order valence-corrected chi connectivity index (χ0v) is 12.5. The Balaban J connectivity index is 1.97. The number of nitrogens with one attached hydrogen (secondary N) is 1. The summed E-state index contributed by atoms with van der Waals surface area (Å²) in [5, 5.41) is 3.47. The molecule has 1 saturated heterocycles. The SMILES string of the molecule is COC(=O)C1(NCC2CCCO2)CCC(C)(C)CC1. The first-order valence-corrected chi connectivity index (χ1v) is 7.43. The summed E-state index contributed by atoms with van der Waals surface area (Å²) in [5.74, 6) is -0.110. The van der Waals surface area contributed by atoms with Crippen molar-refractivity contribution in [2.24, 2.45) is 5.41 Å². The molecule has 0 aromatic carbocycles. The van der Waals surface area contributed by atoms with Gasteiger partial charge in [-0.3, -0.25) is 10.1 Å². The van der Waals surface area contributed by atoms with Crippen LogP contribution in [0.25, 0.3) is 0 Å². The molecule has 0 radical (unpaired) electrons. The number of rotatable bonds is 4. The van der Waals surface area contributed by atoms with Crippen LogP contribution < -0.4 is 5.32 Å². The third kappa shape index (κ3) is 3.48. The average molecular weight is 269 g/mol. The lowest BCUT2D eigenvalue weighted by molar-refractivity contribution is -0.151. The zero-order chi connectivity index (χ0) is 13.9. The minimum atomic E-state index is -0.490. The number of ether oxygens (including phenoxy) is 2. The van der Waals surface area contributed by atoms with Crippen LogP contribution in [-0.4, -0.2) is 37.9 Å². The molecule has 1 aliphatic carbocycles. The van der Waals surface area contributed by atoms with Crippen molar-refractivity contribution in [1.82, 2.24) is 5.32 Å². The molecule has 1 aliphatic heterocycles. The third-order valence-electron chi connectivity index (χ3n) is 4.73. The smallest absolute Gasteiger partial charge is 0.326 e. The van der Waals surface area contributed by atoms with E-state index < -0.39 is 5.54 Å². The Morgan fingerprint density at radius 3 is 2.53 bits per heavy atom. The van der Waals surface area contributed by atoms with Crippen molar-refractivity contribution in [2.75, 3.05) is 20.3 Å². The van der Waals surface area contributed by atoms with Crippen molar-refractivity contribution in [1.29, 1.82) is 0 Å². The molecule has 2 fully saturated rings. The van der Waals surface area contributed by atoms with Crippen LogP contribution in [0.3, 0.4) is 0 Å². The van der Waals surface area contributed by atoms with Crippen LogP contribution in [0.15, 0.2) is 0 Å². The van der Waals surface area contributed by atoms with Gasteiger partial charge in [-0.1, -0.05) is 13.8 Å². The van der Waals surface area contributed by atoms with E-state index in [1.165, 1.54) is 7.11 Å². The van der Waals surface area contributed by atoms with Crippen molar-refractivity contribution >= 4 is 5.97 Å². The van der Waals surface area contributed by atoms with Gasteiger partial charge in [-0.2, -0.15) is 0 Å². The predicted octanol–water partition coefficient (Wildman–Crippen LogP) is 2.27. The highest BCUT2D eigenvalue weighted by molar-refractivity contribution is 5.81. The Morgan fingerprint density at radius 2 is 2.00 bits per heavy atom. The van der Waals surface area contributed by atoms with Gasteiger partial charge in [0.05, 0.1) is 13.2 Å². The quantitative estimate of drug-likeness (QED) is 0.795. The van der Waals surface area contributed by atoms with Gasteiger partial charge in [-0.15, -0.1) is 0 Å². The van der Waals surface area contributed by atoms with E-state index in [0.29, 0.717) is 5.41 Å². The monoisotopic (exact) mass is 269 g/mol. The number of carbonyl (C=O) groups is 1. The molecule has 0 aromatic rings. The van der Waals surface area contributed by atoms with E-state index in [0.717, 1.165) is 51.7 Å². The van der Waals surface area contributed by atoms with Gasteiger partial charge < -0.3 is 9.47 Å². The van der Waals surface area contributed by atoms with Crippen molar-refractivity contribution in [3.8, 4) is 0 Å². The van der Waals surface area contributed by atoms with E-state index in [9.17, 15) is 4.79 Å². The molecule has 110 valence electrons. The maximum absolute atomic E-state index is 12.2. The molecular formula is C15H27NO3. The molecule has 0 amide bonds. The second kappa shape index (κ2) is 5.80. The Bertz CT molecular complexity index is 311. The van der Waals surface area contributed by atoms with E-state index in [-0.39, 0.29) is 12.1 Å². The van der Waals surface area contributed by atoms with Crippen molar-refractivity contribution < 1.29 is 14.3 Å². The molecule has 1 saturated carbocycles. The molecule has 0 aromatic heterocycles. The summed E-state index contributed by atoms with van der Waals surface area (Å²) in [7, 11) is 1.48. The van der Waals surface area contributed by atoms with Gasteiger partial charge in [0, 0.05) is 13.2 Å². The van der Waals surface area contributed by atoms with Crippen molar-refractivity contribution in [3.05, 3.63) is 0 Å². The summed E-state index contributed by atoms with van der Waals surface area (Å²) in [5.41, 5.74) is -0.153. The van der Waals surface area contributed by atoms with Crippen molar-refractivity contribution in [2.45, 2.75) is 64.0 Å². The highest BCUT2D eigenvalue weighted by Gasteiger charge is 2.44. The number of hydrogen-bond donors (Lipinski definition) is 1. The third-order valence-corrected chi connectivity index (χ3v) is 4.73. The summed E-state index contributed by atoms with van der Waals surface area (Å²) >= 11 is 0. The summed E-state index contributed by atoms with van der Waals surface area (Å²) in [6.45, 7) is 6.16. The Labute approximate surface area is 116 Å². The summed E-state index contributed by atoms with van der Waals surface area (Å²) in [4.78, 5) is 12.2. The second-order valence-electron chi connectivity index (χ2n) is 6.75. The molecule has 0 bridgehead atoms. The molecule has 1 unspecified atom stereocenters. The first-order valence-electron chi connectivity index (χ1n) is 7.43. The molecule has 4 heteroatoms. The van der Waals surface area contributed by atoms with Crippen LogP contribution >= 0.6 is 0 Å². The van der Waals surface area contributed by atoms with Gasteiger partial charge in [-0.05, 0) is 43.9 Å². The number of methoxy groups -OCH3 is 1. The summed E-state index contributed by atoms with van der Waals surface area (Å²) in [6.07, 6.45) is 6.32. The van der Waals surface area contributed by atoms with E-state index in [1.54, 1.807) is 0 Å². The normalized spacial score (nSPS) is 29.1. The van der Waals surface area contributed by atoms with Gasteiger partial charge in [0.25, 0.3) is 0 Å². The van der Waals surface area contributed by atoms with Crippen LogP contribution in [0.5, 0.6) is 0 Å². The minimum Gasteiger partial charge on any atom is -0.468 e. The fourth-order valence-corrected chi connectivity index (χ4v) is 3.12.